The van der Waals surface area contributed by atoms with E-state index in [0.717, 1.165) is 29.6 Å². The van der Waals surface area contributed by atoms with E-state index in [9.17, 15) is 0 Å². The van der Waals surface area contributed by atoms with E-state index in [1.165, 1.54) is 16.8 Å². The van der Waals surface area contributed by atoms with E-state index in [4.69, 9.17) is 5.73 Å². The lowest BCUT2D eigenvalue weighted by molar-refractivity contribution is 0.933. The van der Waals surface area contributed by atoms with Gasteiger partial charge in [-0.3, -0.25) is 0 Å². The second-order valence-corrected chi connectivity index (χ2v) is 5.56. The number of nitrogens with two attached hydrogens (primary N) is 1. The van der Waals surface area contributed by atoms with Gasteiger partial charge in [-0.15, -0.1) is 0 Å². The van der Waals surface area contributed by atoms with Crippen LogP contribution >= 0.6 is 0 Å². The molecule has 0 unspecified atom stereocenters. The molecule has 0 atom stereocenters. The maximum absolute atomic E-state index is 6.14. The molecule has 2 aromatic heterocycles. The molecule has 0 fully saturated rings. The zero-order valence-corrected chi connectivity index (χ0v) is 12.1. The molecule has 0 saturated heterocycles. The number of nitrogens with zero attached hydrogens (tertiary/aromatic N) is 3. The molecule has 1 aromatic carbocycles. The molecule has 1 aliphatic rings. The van der Waals surface area contributed by atoms with E-state index in [-0.39, 0.29) is 0 Å². The van der Waals surface area contributed by atoms with E-state index in [1.807, 2.05) is 18.5 Å². The van der Waals surface area contributed by atoms with Gasteiger partial charge in [-0.2, -0.15) is 0 Å². The minimum atomic E-state index is 0.548. The first-order valence-electron chi connectivity index (χ1n) is 7.10. The van der Waals surface area contributed by atoms with Crippen LogP contribution in [0.25, 0.3) is 22.2 Å². The molecule has 1 aliphatic heterocycles. The van der Waals surface area contributed by atoms with Crippen molar-refractivity contribution in [3.05, 3.63) is 35.8 Å². The van der Waals surface area contributed by atoms with E-state index < -0.39 is 0 Å². The number of nitrogen functional groups attached to an aromatic ring is 1. The molecule has 0 amide bonds. The molecule has 0 saturated carbocycles. The fourth-order valence-electron chi connectivity index (χ4n) is 3.10. The predicted molar refractivity (Wildman–Crippen MR) is 85.3 cm³/mol. The standard InChI is InChI=1S/C16H17N5/c1-9-19-15(17)14-12(8-21(2)16(14)20-9)10-3-4-13-11(7-10)5-6-18-13/h3-4,7-8,18H,5-6H2,1-2H3,(H2,17,19,20). The third-order valence-corrected chi connectivity index (χ3v) is 4.08. The molecule has 3 aromatic rings. The van der Waals surface area contributed by atoms with Gasteiger partial charge in [-0.25, -0.2) is 9.97 Å². The van der Waals surface area contributed by atoms with Crippen molar-refractivity contribution in [3.8, 4) is 11.1 Å². The highest BCUT2D eigenvalue weighted by molar-refractivity contribution is 6.01. The summed E-state index contributed by atoms with van der Waals surface area (Å²) in [5.41, 5.74) is 11.9. The third kappa shape index (κ3) is 1.77. The molecule has 4 rings (SSSR count). The van der Waals surface area contributed by atoms with Crippen LogP contribution in [0.5, 0.6) is 0 Å². The third-order valence-electron chi connectivity index (χ3n) is 4.08. The van der Waals surface area contributed by atoms with E-state index in [1.54, 1.807) is 0 Å². The van der Waals surface area contributed by atoms with E-state index >= 15 is 0 Å². The fourth-order valence-corrected chi connectivity index (χ4v) is 3.10. The second kappa shape index (κ2) is 4.22. The van der Waals surface area contributed by atoms with E-state index in [2.05, 4.69) is 39.7 Å². The van der Waals surface area contributed by atoms with Crippen LogP contribution in [0.15, 0.2) is 24.4 Å². The maximum atomic E-state index is 6.14. The molecule has 0 bridgehead atoms. The Hall–Kier alpha value is -2.56. The molecule has 3 heterocycles. The Balaban J connectivity index is 1.99. The Morgan fingerprint density at radius 2 is 2.14 bits per heavy atom. The molecular formula is C16H17N5. The number of hydrogen-bond acceptors (Lipinski definition) is 4. The van der Waals surface area contributed by atoms with Crippen molar-refractivity contribution >= 4 is 22.5 Å². The first-order valence-corrected chi connectivity index (χ1v) is 7.10. The number of aromatic nitrogens is 3. The molecule has 21 heavy (non-hydrogen) atoms. The fraction of sp³-hybridized carbons (Fsp3) is 0.250. The number of rotatable bonds is 1. The van der Waals surface area contributed by atoms with Crippen molar-refractivity contribution in [1.82, 2.24) is 14.5 Å². The molecule has 106 valence electrons. The summed E-state index contributed by atoms with van der Waals surface area (Å²) in [7, 11) is 1.99. The van der Waals surface area contributed by atoms with Gasteiger partial charge in [0.05, 0.1) is 5.39 Å². The zero-order chi connectivity index (χ0) is 14.6. The molecule has 0 spiro atoms. The average Bonchev–Trinajstić information content (AvgIpc) is 3.03. The Labute approximate surface area is 122 Å². The lowest BCUT2D eigenvalue weighted by Crippen LogP contribution is -1.98. The highest BCUT2D eigenvalue weighted by Gasteiger charge is 2.17. The number of fused-ring (bicyclic) bond motifs is 2. The van der Waals surface area contributed by atoms with Crippen molar-refractivity contribution in [3.63, 3.8) is 0 Å². The number of nitrogens with one attached hydrogen (secondary N) is 1. The number of benzene rings is 1. The van der Waals surface area contributed by atoms with Crippen LogP contribution in [0.2, 0.25) is 0 Å². The van der Waals surface area contributed by atoms with Gasteiger partial charge in [-0.05, 0) is 36.6 Å². The van der Waals surface area contributed by atoms with Crippen LogP contribution in [-0.4, -0.2) is 21.1 Å². The van der Waals surface area contributed by atoms with Gasteiger partial charge in [0.25, 0.3) is 0 Å². The Kier molecular flexibility index (Phi) is 2.45. The van der Waals surface area contributed by atoms with Crippen molar-refractivity contribution in [2.75, 3.05) is 17.6 Å². The van der Waals surface area contributed by atoms with Crippen LogP contribution in [-0.2, 0) is 13.5 Å². The van der Waals surface area contributed by atoms with Crippen molar-refractivity contribution in [2.24, 2.45) is 7.05 Å². The summed E-state index contributed by atoms with van der Waals surface area (Å²) in [4.78, 5) is 8.83. The van der Waals surface area contributed by atoms with Crippen LogP contribution in [0.3, 0.4) is 0 Å². The summed E-state index contributed by atoms with van der Waals surface area (Å²) >= 11 is 0. The van der Waals surface area contributed by atoms with Gasteiger partial charge >= 0.3 is 0 Å². The summed E-state index contributed by atoms with van der Waals surface area (Å²) in [5.74, 6) is 1.25. The van der Waals surface area contributed by atoms with Gasteiger partial charge in [0, 0.05) is 31.0 Å². The molecule has 5 nitrogen and oxygen atoms in total. The summed E-state index contributed by atoms with van der Waals surface area (Å²) in [6.45, 7) is 2.88. The van der Waals surface area contributed by atoms with Crippen molar-refractivity contribution in [1.29, 1.82) is 0 Å². The zero-order valence-electron chi connectivity index (χ0n) is 12.1. The Bertz CT molecular complexity index is 863. The minimum absolute atomic E-state index is 0.548. The van der Waals surface area contributed by atoms with Gasteiger partial charge in [0.2, 0.25) is 0 Å². The molecule has 3 N–H and O–H groups in total. The van der Waals surface area contributed by atoms with Gasteiger partial charge < -0.3 is 15.6 Å². The highest BCUT2D eigenvalue weighted by atomic mass is 15.1. The summed E-state index contributed by atoms with van der Waals surface area (Å²) < 4.78 is 2.02. The van der Waals surface area contributed by atoms with E-state index in [0.29, 0.717) is 11.6 Å². The summed E-state index contributed by atoms with van der Waals surface area (Å²) in [5, 5.41) is 4.32. The monoisotopic (exact) mass is 279 g/mol. The van der Waals surface area contributed by atoms with Crippen molar-refractivity contribution < 1.29 is 0 Å². The van der Waals surface area contributed by atoms with Gasteiger partial charge in [-0.1, -0.05) is 6.07 Å². The number of anilines is 2. The highest BCUT2D eigenvalue weighted by Crippen LogP contribution is 2.35. The molecule has 0 radical (unpaired) electrons. The smallest absolute Gasteiger partial charge is 0.146 e. The number of hydrogen-bond donors (Lipinski definition) is 2. The largest absolute Gasteiger partial charge is 0.384 e. The number of aryl methyl sites for hydroxylation is 2. The Morgan fingerprint density at radius 3 is 3.00 bits per heavy atom. The van der Waals surface area contributed by atoms with Crippen LogP contribution in [0.1, 0.15) is 11.4 Å². The average molecular weight is 279 g/mol. The Morgan fingerprint density at radius 1 is 1.29 bits per heavy atom. The summed E-state index contributed by atoms with van der Waals surface area (Å²) in [6, 6.07) is 6.51. The maximum Gasteiger partial charge on any atom is 0.146 e. The SMILES string of the molecule is Cc1nc(N)c2c(-c3ccc4c(c3)CCN4)cn(C)c2n1. The van der Waals surface area contributed by atoms with Crippen LogP contribution < -0.4 is 11.1 Å². The predicted octanol–water partition coefficient (Wildman–Crippen LogP) is 2.49. The minimum Gasteiger partial charge on any atom is -0.384 e. The lowest BCUT2D eigenvalue weighted by Gasteiger charge is -2.05. The normalized spacial score (nSPS) is 13.4. The first kappa shape index (κ1) is 12.2. The topological polar surface area (TPSA) is 68.8 Å². The molecule has 5 heteroatoms. The van der Waals surface area contributed by atoms with Crippen molar-refractivity contribution in [2.45, 2.75) is 13.3 Å². The lowest BCUT2D eigenvalue weighted by atomic mass is 10.0. The second-order valence-electron chi connectivity index (χ2n) is 5.56. The molecular weight excluding hydrogens is 262 g/mol. The quantitative estimate of drug-likeness (QED) is 0.718. The van der Waals surface area contributed by atoms with Crippen LogP contribution in [0, 0.1) is 6.92 Å². The summed E-state index contributed by atoms with van der Waals surface area (Å²) in [6.07, 6.45) is 3.15. The van der Waals surface area contributed by atoms with Gasteiger partial charge in [0.15, 0.2) is 0 Å². The van der Waals surface area contributed by atoms with Gasteiger partial charge in [0.1, 0.15) is 17.3 Å². The van der Waals surface area contributed by atoms with Crippen LogP contribution in [0.4, 0.5) is 11.5 Å². The molecule has 0 aliphatic carbocycles. The first-order chi connectivity index (χ1) is 10.1.